The third kappa shape index (κ3) is 59.8. The van der Waals surface area contributed by atoms with Crippen LogP contribution in [0.3, 0.4) is 0 Å². The van der Waals surface area contributed by atoms with Crippen molar-refractivity contribution >= 4 is 35.5 Å². The van der Waals surface area contributed by atoms with Gasteiger partial charge in [-0.25, -0.2) is 0 Å². The molecule has 0 radical (unpaired) electrons. The number of carbonyl (C=O) groups excluding carboxylic acids is 2. The van der Waals surface area contributed by atoms with E-state index >= 15 is 0 Å². The number of carboxylic acids is 2. The van der Waals surface area contributed by atoms with Crippen LogP contribution in [0.4, 0.5) is 0 Å². The molecule has 0 spiro atoms. The standard InChI is InChI=1S/C64H127N5O6S/c1-2-3-4-5-6-7-8-12-19-24-29-34-39-48-61(70)69-60(64(75)68-56-45-55-67-53-43-42-52-66-54-44-51-65)58-76-57-59(47-38-33-28-23-18-14-11-16-21-26-31-36-41-50-63(73)74)46-37-32-27-22-17-13-9-10-15-20-25-30-35-40-49-62(71)72/h59-60,66-67H,2-58,65H2,1H3,(H,68,75)(H,69,70)(H,71,72)(H,73,74)/t59?,60-/m0/s1. The number of rotatable bonds is 65. The highest BCUT2D eigenvalue weighted by Gasteiger charge is 2.21. The van der Waals surface area contributed by atoms with Crippen molar-refractivity contribution in [1.82, 2.24) is 21.3 Å². The summed E-state index contributed by atoms with van der Waals surface area (Å²) < 4.78 is 0. The molecule has 0 saturated carbocycles. The first-order valence-electron chi connectivity index (χ1n) is 33.0. The van der Waals surface area contributed by atoms with Gasteiger partial charge in [0.15, 0.2) is 0 Å². The lowest BCUT2D eigenvalue weighted by molar-refractivity contribution is -0.138. The number of hydrogen-bond acceptors (Lipinski definition) is 8. The van der Waals surface area contributed by atoms with E-state index in [2.05, 4.69) is 28.2 Å². The zero-order chi connectivity index (χ0) is 55.3. The fourth-order valence-electron chi connectivity index (χ4n) is 10.4. The van der Waals surface area contributed by atoms with Crippen molar-refractivity contribution < 1.29 is 29.4 Å². The molecule has 0 aliphatic carbocycles. The first kappa shape index (κ1) is 74.1. The number of amides is 2. The van der Waals surface area contributed by atoms with Gasteiger partial charge in [0.05, 0.1) is 0 Å². The van der Waals surface area contributed by atoms with Crippen LogP contribution in [0, 0.1) is 5.92 Å². The Bertz CT molecular complexity index is 1250. The maximum Gasteiger partial charge on any atom is 0.303 e. The van der Waals surface area contributed by atoms with Gasteiger partial charge in [-0.3, -0.25) is 19.2 Å². The number of aliphatic carboxylic acids is 2. The molecule has 8 N–H and O–H groups in total. The van der Waals surface area contributed by atoms with Gasteiger partial charge >= 0.3 is 11.9 Å². The number of nitrogens with one attached hydrogen (secondary N) is 4. The Morgan fingerprint density at radius 3 is 1.08 bits per heavy atom. The highest BCUT2D eigenvalue weighted by Crippen LogP contribution is 2.25. The Balaban J connectivity index is 4.99. The number of hydrogen-bond donors (Lipinski definition) is 7. The highest BCUT2D eigenvalue weighted by atomic mass is 32.2. The topological polar surface area (TPSA) is 183 Å². The average Bonchev–Trinajstić information content (AvgIpc) is 3.40. The fourth-order valence-corrected chi connectivity index (χ4v) is 11.7. The summed E-state index contributed by atoms with van der Waals surface area (Å²) in [5, 5.41) is 31.0. The van der Waals surface area contributed by atoms with Gasteiger partial charge in [0, 0.05) is 31.6 Å². The second kappa shape index (κ2) is 62.3. The van der Waals surface area contributed by atoms with E-state index < -0.39 is 18.0 Å². The molecule has 0 aromatic carbocycles. The number of unbranched alkanes of at least 4 members (excludes halogenated alkanes) is 38. The van der Waals surface area contributed by atoms with Crippen molar-refractivity contribution in [3.8, 4) is 0 Å². The minimum absolute atomic E-state index is 0.0197. The summed E-state index contributed by atoms with van der Waals surface area (Å²) in [5.41, 5.74) is 5.59. The minimum Gasteiger partial charge on any atom is -0.481 e. The molecule has 11 nitrogen and oxygen atoms in total. The van der Waals surface area contributed by atoms with Gasteiger partial charge < -0.3 is 37.2 Å². The minimum atomic E-state index is -0.676. The number of thioether (sulfide) groups is 1. The van der Waals surface area contributed by atoms with Crippen LogP contribution in [0.2, 0.25) is 0 Å². The van der Waals surface area contributed by atoms with Crippen LogP contribution >= 0.6 is 11.8 Å². The van der Waals surface area contributed by atoms with E-state index in [1.54, 1.807) is 0 Å². The Morgan fingerprint density at radius 1 is 0.382 bits per heavy atom. The van der Waals surface area contributed by atoms with Gasteiger partial charge in [0.2, 0.25) is 11.8 Å². The molecule has 0 aliphatic heterocycles. The van der Waals surface area contributed by atoms with Crippen LogP contribution in [-0.2, 0) is 19.2 Å². The number of carboxylic acid groups (broad SMARTS) is 2. The van der Waals surface area contributed by atoms with Gasteiger partial charge in [-0.1, -0.05) is 244 Å². The molecule has 0 rings (SSSR count). The Kier molecular flexibility index (Phi) is 60.8. The molecule has 0 aromatic rings. The van der Waals surface area contributed by atoms with E-state index in [4.69, 9.17) is 15.9 Å². The summed E-state index contributed by atoms with van der Waals surface area (Å²) in [6.07, 6.45) is 57.8. The van der Waals surface area contributed by atoms with Crippen molar-refractivity contribution in [3.63, 3.8) is 0 Å². The fraction of sp³-hybridized carbons (Fsp3) is 0.938. The second-order valence-electron chi connectivity index (χ2n) is 22.9. The summed E-state index contributed by atoms with van der Waals surface area (Å²) in [6.45, 7) is 7.48. The number of carbonyl (C=O) groups is 4. The molecule has 2 amide bonds. The monoisotopic (exact) mass is 1090 g/mol. The SMILES string of the molecule is CCCCCCCCCCCCCCCC(=O)N[C@@H](CSCC(CCCCCCCCCCCCCCCCC(=O)O)CCCCCCCCCCCCCCCC(=O)O)C(=O)NCCCNCCCCNCCCN. The quantitative estimate of drug-likeness (QED) is 0.0289. The summed E-state index contributed by atoms with van der Waals surface area (Å²) >= 11 is 1.88. The molecule has 0 heterocycles. The average molecular weight is 1090 g/mol. The first-order valence-corrected chi connectivity index (χ1v) is 34.1. The van der Waals surface area contributed by atoms with Crippen LogP contribution in [0.15, 0.2) is 0 Å². The molecule has 76 heavy (non-hydrogen) atoms. The summed E-state index contributed by atoms with van der Waals surface area (Å²) in [7, 11) is 0. The van der Waals surface area contributed by atoms with E-state index in [9.17, 15) is 19.2 Å². The Morgan fingerprint density at radius 2 is 0.711 bits per heavy atom. The van der Waals surface area contributed by atoms with Crippen molar-refractivity contribution in [1.29, 1.82) is 0 Å². The molecule has 0 bridgehead atoms. The van der Waals surface area contributed by atoms with Gasteiger partial charge in [-0.05, 0) is 102 Å². The summed E-state index contributed by atoms with van der Waals surface area (Å²) in [6, 6.07) is -0.501. The molecule has 0 fully saturated rings. The van der Waals surface area contributed by atoms with Crippen LogP contribution in [-0.4, -0.2) is 90.8 Å². The van der Waals surface area contributed by atoms with Gasteiger partial charge in [0.25, 0.3) is 0 Å². The smallest absolute Gasteiger partial charge is 0.303 e. The molecule has 450 valence electrons. The normalized spacial score (nSPS) is 12.3. The molecule has 12 heteroatoms. The van der Waals surface area contributed by atoms with E-state index in [1.165, 1.54) is 225 Å². The van der Waals surface area contributed by atoms with Gasteiger partial charge in [0.1, 0.15) is 6.04 Å². The lowest BCUT2D eigenvalue weighted by atomic mass is 9.95. The Hall–Kier alpha value is -1.89. The largest absolute Gasteiger partial charge is 0.481 e. The third-order valence-electron chi connectivity index (χ3n) is 15.4. The van der Waals surface area contributed by atoms with Crippen molar-refractivity contribution in [3.05, 3.63) is 0 Å². The molecule has 0 aromatic heterocycles. The molecule has 2 atom stereocenters. The van der Waals surface area contributed by atoms with E-state index in [0.717, 1.165) is 109 Å². The maximum absolute atomic E-state index is 13.7. The van der Waals surface area contributed by atoms with Crippen molar-refractivity contribution in [2.45, 2.75) is 328 Å². The molecular weight excluding hydrogens is 967 g/mol. The van der Waals surface area contributed by atoms with Gasteiger partial charge in [-0.2, -0.15) is 11.8 Å². The predicted octanol–water partition coefficient (Wildman–Crippen LogP) is 16.4. The third-order valence-corrected chi connectivity index (χ3v) is 16.7. The van der Waals surface area contributed by atoms with Crippen molar-refractivity contribution in [2.24, 2.45) is 11.7 Å². The van der Waals surface area contributed by atoms with Crippen LogP contribution in [0.5, 0.6) is 0 Å². The van der Waals surface area contributed by atoms with Crippen molar-refractivity contribution in [2.75, 3.05) is 50.8 Å². The van der Waals surface area contributed by atoms with E-state index in [0.29, 0.717) is 37.5 Å². The second-order valence-corrected chi connectivity index (χ2v) is 24.0. The maximum atomic E-state index is 13.7. The van der Waals surface area contributed by atoms with Crippen LogP contribution in [0.1, 0.15) is 322 Å². The van der Waals surface area contributed by atoms with E-state index in [-0.39, 0.29) is 11.8 Å². The lowest BCUT2D eigenvalue weighted by Crippen LogP contribution is -2.48. The summed E-state index contributed by atoms with van der Waals surface area (Å²) in [5.74, 6) is 0.951. The summed E-state index contributed by atoms with van der Waals surface area (Å²) in [4.78, 5) is 48.4. The Labute approximate surface area is 474 Å². The zero-order valence-corrected chi connectivity index (χ0v) is 50.8. The molecule has 0 saturated heterocycles. The lowest BCUT2D eigenvalue weighted by Gasteiger charge is -2.21. The predicted molar refractivity (Wildman–Crippen MR) is 328 cm³/mol. The highest BCUT2D eigenvalue weighted by molar-refractivity contribution is 7.99. The molecular formula is C64H127N5O6S. The molecule has 0 aliphatic rings. The van der Waals surface area contributed by atoms with E-state index in [1.807, 2.05) is 11.8 Å². The zero-order valence-electron chi connectivity index (χ0n) is 50.0. The molecule has 1 unspecified atom stereocenters. The number of nitrogens with two attached hydrogens (primary N) is 1. The van der Waals surface area contributed by atoms with Crippen LogP contribution < -0.4 is 27.0 Å². The first-order chi connectivity index (χ1) is 37.3. The van der Waals surface area contributed by atoms with Gasteiger partial charge in [-0.15, -0.1) is 0 Å². The van der Waals surface area contributed by atoms with Crippen LogP contribution in [0.25, 0.3) is 0 Å².